The smallest absolute Gasteiger partial charge is 0.243 e. The topological polar surface area (TPSA) is 72.6 Å². The van der Waals surface area contributed by atoms with Gasteiger partial charge in [-0.3, -0.25) is 0 Å². The third-order valence-electron chi connectivity index (χ3n) is 3.76. The summed E-state index contributed by atoms with van der Waals surface area (Å²) in [7, 11) is -1.95. The fourth-order valence-electron chi connectivity index (χ4n) is 2.35. The van der Waals surface area contributed by atoms with Crippen LogP contribution in [0.1, 0.15) is 13.3 Å². The van der Waals surface area contributed by atoms with Gasteiger partial charge in [0.2, 0.25) is 10.0 Å². The van der Waals surface area contributed by atoms with Crippen LogP contribution >= 0.6 is 11.6 Å². The zero-order chi connectivity index (χ0) is 14.9. The van der Waals surface area contributed by atoms with Crippen LogP contribution in [0.25, 0.3) is 0 Å². The predicted octanol–water partition coefficient (Wildman–Crippen LogP) is 1.97. The number of piperidine rings is 1. The van der Waals surface area contributed by atoms with Crippen LogP contribution < -0.4 is 5.73 Å². The lowest BCUT2D eigenvalue weighted by Gasteiger charge is -2.35. The van der Waals surface area contributed by atoms with Crippen LogP contribution in [0.15, 0.2) is 23.1 Å². The van der Waals surface area contributed by atoms with E-state index in [9.17, 15) is 8.42 Å². The van der Waals surface area contributed by atoms with Crippen LogP contribution in [-0.2, 0) is 14.8 Å². The zero-order valence-corrected chi connectivity index (χ0v) is 13.1. The van der Waals surface area contributed by atoms with E-state index in [4.69, 9.17) is 22.1 Å². The molecule has 112 valence electrons. The number of methoxy groups -OCH3 is 1. The molecule has 1 aliphatic rings. The molecule has 1 aromatic carbocycles. The number of benzene rings is 1. The highest BCUT2D eigenvalue weighted by atomic mass is 35.5. The van der Waals surface area contributed by atoms with Gasteiger partial charge >= 0.3 is 0 Å². The molecule has 20 heavy (non-hydrogen) atoms. The van der Waals surface area contributed by atoms with Gasteiger partial charge in [0, 0.05) is 20.2 Å². The summed E-state index contributed by atoms with van der Waals surface area (Å²) in [5, 5.41) is 0.250. The molecule has 5 nitrogen and oxygen atoms in total. The zero-order valence-electron chi connectivity index (χ0n) is 11.5. The number of hydrogen-bond acceptors (Lipinski definition) is 4. The van der Waals surface area contributed by atoms with Crippen LogP contribution in [0, 0.1) is 5.92 Å². The van der Waals surface area contributed by atoms with Crippen molar-refractivity contribution in [3.8, 4) is 0 Å². The fraction of sp³-hybridized carbons (Fsp3) is 0.538. The summed E-state index contributed by atoms with van der Waals surface area (Å²) in [5.41, 5.74) is 5.98. The minimum Gasteiger partial charge on any atom is -0.398 e. The van der Waals surface area contributed by atoms with E-state index >= 15 is 0 Å². The molecular formula is C13H19ClN2O3S. The van der Waals surface area contributed by atoms with Crippen LogP contribution in [0.5, 0.6) is 0 Å². The fourth-order valence-corrected chi connectivity index (χ4v) is 4.09. The number of nitrogens with zero attached hydrogens (tertiary/aromatic N) is 1. The first-order valence-corrected chi connectivity index (χ1v) is 8.26. The molecule has 7 heteroatoms. The Hall–Kier alpha value is -0.820. The van der Waals surface area contributed by atoms with Crippen LogP contribution in [0.3, 0.4) is 0 Å². The molecule has 0 saturated carbocycles. The summed E-state index contributed by atoms with van der Waals surface area (Å²) in [6, 6.07) is 4.39. The summed E-state index contributed by atoms with van der Waals surface area (Å²) in [4.78, 5) is 0.168. The molecule has 2 unspecified atom stereocenters. The number of ether oxygens (including phenoxy) is 1. The first-order valence-electron chi connectivity index (χ1n) is 6.44. The van der Waals surface area contributed by atoms with Gasteiger partial charge in [-0.1, -0.05) is 18.5 Å². The first kappa shape index (κ1) is 15.6. The van der Waals surface area contributed by atoms with Crippen molar-refractivity contribution in [2.45, 2.75) is 24.3 Å². The molecule has 1 saturated heterocycles. The summed E-state index contributed by atoms with van der Waals surface area (Å²) >= 11 is 5.91. The second-order valence-corrected chi connectivity index (χ2v) is 7.43. The molecule has 0 amide bonds. The lowest BCUT2D eigenvalue weighted by atomic mass is 9.97. The molecule has 0 radical (unpaired) electrons. The number of nitrogens with two attached hydrogens (primary N) is 1. The van der Waals surface area contributed by atoms with E-state index in [2.05, 4.69) is 6.92 Å². The molecule has 0 spiro atoms. The van der Waals surface area contributed by atoms with E-state index in [1.54, 1.807) is 7.11 Å². The Morgan fingerprint density at radius 3 is 2.75 bits per heavy atom. The van der Waals surface area contributed by atoms with Crippen molar-refractivity contribution < 1.29 is 13.2 Å². The second kappa shape index (κ2) is 5.89. The van der Waals surface area contributed by atoms with Crippen LogP contribution in [-0.4, -0.2) is 39.0 Å². The van der Waals surface area contributed by atoms with Crippen LogP contribution in [0.4, 0.5) is 5.69 Å². The van der Waals surface area contributed by atoms with Crippen molar-refractivity contribution in [2.24, 2.45) is 5.92 Å². The molecule has 0 bridgehead atoms. The third kappa shape index (κ3) is 2.93. The van der Waals surface area contributed by atoms with Gasteiger partial charge in [-0.15, -0.1) is 0 Å². The van der Waals surface area contributed by atoms with E-state index in [-0.39, 0.29) is 16.0 Å². The third-order valence-corrected chi connectivity index (χ3v) is 5.95. The van der Waals surface area contributed by atoms with Gasteiger partial charge in [0.1, 0.15) is 0 Å². The van der Waals surface area contributed by atoms with E-state index in [1.807, 2.05) is 0 Å². The van der Waals surface area contributed by atoms with Gasteiger partial charge in [0.15, 0.2) is 0 Å². The Kier molecular flexibility index (Phi) is 4.59. The maximum absolute atomic E-state index is 12.6. The minimum absolute atomic E-state index is 0.0808. The number of anilines is 1. The molecule has 1 fully saturated rings. The number of sulfonamides is 1. The number of nitrogen functional groups attached to an aromatic ring is 1. The SMILES string of the molecule is COC1CN(S(=O)(=O)c2ccc(N)c(Cl)c2)CCC1C. The normalized spacial score (nSPS) is 24.8. The van der Waals surface area contributed by atoms with Gasteiger partial charge in [-0.25, -0.2) is 8.42 Å². The highest BCUT2D eigenvalue weighted by molar-refractivity contribution is 7.89. The lowest BCUT2D eigenvalue weighted by molar-refractivity contribution is 0.0184. The maximum Gasteiger partial charge on any atom is 0.243 e. The number of hydrogen-bond donors (Lipinski definition) is 1. The Morgan fingerprint density at radius 1 is 1.45 bits per heavy atom. The second-order valence-electron chi connectivity index (χ2n) is 5.09. The quantitative estimate of drug-likeness (QED) is 0.865. The van der Waals surface area contributed by atoms with E-state index in [1.165, 1.54) is 22.5 Å². The van der Waals surface area contributed by atoms with Crippen molar-refractivity contribution >= 4 is 27.3 Å². The summed E-state index contributed by atoms with van der Waals surface area (Å²) < 4.78 is 32.0. The van der Waals surface area contributed by atoms with Gasteiger partial charge in [-0.2, -0.15) is 4.31 Å². The molecule has 1 aromatic rings. The van der Waals surface area contributed by atoms with Crippen molar-refractivity contribution in [3.05, 3.63) is 23.2 Å². The average Bonchev–Trinajstić information content (AvgIpc) is 2.42. The highest BCUT2D eigenvalue weighted by Crippen LogP contribution is 2.28. The number of rotatable bonds is 3. The maximum atomic E-state index is 12.6. The Bertz CT molecular complexity index is 591. The minimum atomic E-state index is -3.55. The molecule has 0 aromatic heterocycles. The van der Waals surface area contributed by atoms with E-state index in [0.717, 1.165) is 6.42 Å². The summed E-state index contributed by atoms with van der Waals surface area (Å²) in [6.45, 7) is 2.92. The largest absolute Gasteiger partial charge is 0.398 e. The van der Waals surface area contributed by atoms with Crippen molar-refractivity contribution in [3.63, 3.8) is 0 Å². The van der Waals surface area contributed by atoms with E-state index in [0.29, 0.717) is 24.7 Å². The molecule has 0 aliphatic carbocycles. The molecule has 1 aliphatic heterocycles. The summed E-state index contributed by atoms with van der Waals surface area (Å²) in [6.07, 6.45) is 0.697. The van der Waals surface area contributed by atoms with E-state index < -0.39 is 10.0 Å². The lowest BCUT2D eigenvalue weighted by Crippen LogP contribution is -2.46. The molecule has 1 heterocycles. The Labute approximate surface area is 124 Å². The van der Waals surface area contributed by atoms with Crippen LogP contribution in [0.2, 0.25) is 5.02 Å². The Morgan fingerprint density at radius 2 is 2.15 bits per heavy atom. The molecular weight excluding hydrogens is 300 g/mol. The predicted molar refractivity (Wildman–Crippen MR) is 79.2 cm³/mol. The monoisotopic (exact) mass is 318 g/mol. The van der Waals surface area contributed by atoms with Gasteiger partial charge in [0.25, 0.3) is 0 Å². The standard InChI is InChI=1S/C13H19ClN2O3S/c1-9-5-6-16(8-13(9)19-2)20(17,18)10-3-4-12(15)11(14)7-10/h3-4,7,9,13H,5-6,8,15H2,1-2H3. The highest BCUT2D eigenvalue weighted by Gasteiger charge is 2.33. The Balaban J connectivity index is 2.28. The molecule has 2 atom stereocenters. The average molecular weight is 319 g/mol. The van der Waals surface area contributed by atoms with Gasteiger partial charge in [0.05, 0.1) is 21.7 Å². The van der Waals surface area contributed by atoms with Crippen molar-refractivity contribution in [1.29, 1.82) is 0 Å². The van der Waals surface area contributed by atoms with Gasteiger partial charge < -0.3 is 10.5 Å². The van der Waals surface area contributed by atoms with Crippen molar-refractivity contribution in [1.82, 2.24) is 4.31 Å². The number of halogens is 1. The molecule has 2 rings (SSSR count). The first-order chi connectivity index (χ1) is 9.36. The molecule has 2 N–H and O–H groups in total. The van der Waals surface area contributed by atoms with Gasteiger partial charge in [-0.05, 0) is 30.5 Å². The summed E-state index contributed by atoms with van der Waals surface area (Å²) in [5.74, 6) is 0.349. The van der Waals surface area contributed by atoms with Crippen molar-refractivity contribution in [2.75, 3.05) is 25.9 Å².